The second-order valence-corrected chi connectivity index (χ2v) is 5.72. The Morgan fingerprint density at radius 1 is 1.29 bits per heavy atom. The monoisotopic (exact) mass is 313 g/mol. The Balaban J connectivity index is 1.88. The normalized spacial score (nSPS) is 16.5. The van der Waals surface area contributed by atoms with E-state index in [2.05, 4.69) is 38.9 Å². The molecule has 1 aromatic heterocycles. The molecule has 118 valence electrons. The van der Waals surface area contributed by atoms with E-state index in [4.69, 9.17) is 16.3 Å². The molecule has 1 fully saturated rings. The first-order chi connectivity index (χ1) is 10.1. The molecule has 0 amide bonds. The maximum Gasteiger partial charge on any atom is 0.157 e. The van der Waals surface area contributed by atoms with Crippen molar-refractivity contribution >= 4 is 23.1 Å². The zero-order valence-electron chi connectivity index (χ0n) is 13.0. The molecule has 1 saturated heterocycles. The maximum absolute atomic E-state index is 6.11. The topological polar surface area (TPSA) is 53.5 Å². The number of hydrogen-bond acceptors (Lipinski definition) is 6. The molecule has 1 N–H and O–H groups in total. The van der Waals surface area contributed by atoms with Crippen molar-refractivity contribution in [2.24, 2.45) is 0 Å². The van der Waals surface area contributed by atoms with Crippen molar-refractivity contribution in [1.82, 2.24) is 14.9 Å². The SMILES string of the molecule is CNc1c(Cl)ncnc1N1CCN(CCOC(C)C)CC1. The molecule has 0 radical (unpaired) electrons. The lowest BCUT2D eigenvalue weighted by Crippen LogP contribution is -2.47. The first-order valence-corrected chi connectivity index (χ1v) is 7.76. The van der Waals surface area contributed by atoms with Crippen LogP contribution >= 0.6 is 11.6 Å². The van der Waals surface area contributed by atoms with Crippen LogP contribution in [-0.2, 0) is 4.74 Å². The van der Waals surface area contributed by atoms with Crippen molar-refractivity contribution in [3.8, 4) is 0 Å². The molecular weight excluding hydrogens is 290 g/mol. The fraction of sp³-hybridized carbons (Fsp3) is 0.714. The van der Waals surface area contributed by atoms with Crippen LogP contribution in [0.2, 0.25) is 5.15 Å². The predicted molar refractivity (Wildman–Crippen MR) is 86.3 cm³/mol. The molecular formula is C14H24ClN5O. The number of halogens is 1. The largest absolute Gasteiger partial charge is 0.383 e. The summed E-state index contributed by atoms with van der Waals surface area (Å²) in [6.45, 7) is 9.78. The van der Waals surface area contributed by atoms with Crippen LogP contribution in [0.5, 0.6) is 0 Å². The summed E-state index contributed by atoms with van der Waals surface area (Å²) in [6.07, 6.45) is 1.81. The average molecular weight is 314 g/mol. The summed E-state index contributed by atoms with van der Waals surface area (Å²) in [5.74, 6) is 0.885. The average Bonchev–Trinajstić information content (AvgIpc) is 2.47. The minimum absolute atomic E-state index is 0.299. The lowest BCUT2D eigenvalue weighted by Gasteiger charge is -2.36. The van der Waals surface area contributed by atoms with Crippen LogP contribution in [-0.4, -0.2) is 67.4 Å². The van der Waals surface area contributed by atoms with E-state index in [-0.39, 0.29) is 0 Å². The molecule has 6 nitrogen and oxygen atoms in total. The van der Waals surface area contributed by atoms with E-state index in [1.165, 1.54) is 6.33 Å². The van der Waals surface area contributed by atoms with Gasteiger partial charge in [0.15, 0.2) is 11.0 Å². The molecule has 0 unspecified atom stereocenters. The number of rotatable bonds is 6. The number of ether oxygens (including phenoxy) is 1. The van der Waals surface area contributed by atoms with E-state index in [0.29, 0.717) is 11.3 Å². The molecule has 21 heavy (non-hydrogen) atoms. The molecule has 0 aliphatic carbocycles. The van der Waals surface area contributed by atoms with Crippen molar-refractivity contribution in [1.29, 1.82) is 0 Å². The van der Waals surface area contributed by atoms with Gasteiger partial charge < -0.3 is 15.0 Å². The van der Waals surface area contributed by atoms with Crippen LogP contribution in [0.3, 0.4) is 0 Å². The van der Waals surface area contributed by atoms with Gasteiger partial charge in [-0.3, -0.25) is 4.90 Å². The molecule has 2 rings (SSSR count). The minimum Gasteiger partial charge on any atom is -0.383 e. The van der Waals surface area contributed by atoms with Crippen LogP contribution in [0.15, 0.2) is 6.33 Å². The van der Waals surface area contributed by atoms with Gasteiger partial charge in [-0.05, 0) is 13.8 Å². The van der Waals surface area contributed by atoms with Gasteiger partial charge in [0.2, 0.25) is 0 Å². The Morgan fingerprint density at radius 2 is 2.00 bits per heavy atom. The fourth-order valence-corrected chi connectivity index (χ4v) is 2.63. The van der Waals surface area contributed by atoms with Crippen LogP contribution in [0, 0.1) is 0 Å². The lowest BCUT2D eigenvalue weighted by molar-refractivity contribution is 0.0578. The first-order valence-electron chi connectivity index (χ1n) is 7.39. The zero-order valence-corrected chi connectivity index (χ0v) is 13.7. The Hall–Kier alpha value is -1.11. The van der Waals surface area contributed by atoms with Crippen molar-refractivity contribution in [2.75, 3.05) is 56.6 Å². The van der Waals surface area contributed by atoms with Gasteiger partial charge in [0, 0.05) is 39.8 Å². The number of aromatic nitrogens is 2. The van der Waals surface area contributed by atoms with Crippen molar-refractivity contribution < 1.29 is 4.74 Å². The third-order valence-electron chi connectivity index (χ3n) is 3.56. The van der Waals surface area contributed by atoms with Crippen molar-refractivity contribution in [3.05, 3.63) is 11.5 Å². The Labute approximate surface area is 131 Å². The van der Waals surface area contributed by atoms with Crippen LogP contribution in [0.25, 0.3) is 0 Å². The van der Waals surface area contributed by atoms with Crippen LogP contribution < -0.4 is 10.2 Å². The summed E-state index contributed by atoms with van der Waals surface area (Å²) in [6, 6.07) is 0. The number of nitrogens with one attached hydrogen (secondary N) is 1. The summed E-state index contributed by atoms with van der Waals surface area (Å²) < 4.78 is 5.60. The Kier molecular flexibility index (Phi) is 6.02. The van der Waals surface area contributed by atoms with Crippen molar-refractivity contribution in [2.45, 2.75) is 20.0 Å². The third kappa shape index (κ3) is 4.43. The number of anilines is 2. The van der Waals surface area contributed by atoms with Gasteiger partial charge in [-0.25, -0.2) is 9.97 Å². The highest BCUT2D eigenvalue weighted by Gasteiger charge is 2.21. The van der Waals surface area contributed by atoms with E-state index < -0.39 is 0 Å². The third-order valence-corrected chi connectivity index (χ3v) is 3.85. The molecule has 1 aliphatic rings. The van der Waals surface area contributed by atoms with Gasteiger partial charge in [-0.15, -0.1) is 0 Å². The van der Waals surface area contributed by atoms with E-state index in [9.17, 15) is 0 Å². The van der Waals surface area contributed by atoms with E-state index in [1.807, 2.05) is 7.05 Å². The quantitative estimate of drug-likeness (QED) is 0.807. The van der Waals surface area contributed by atoms with Gasteiger partial charge in [-0.2, -0.15) is 0 Å². The highest BCUT2D eigenvalue weighted by Crippen LogP contribution is 2.29. The molecule has 1 aromatic rings. The standard InChI is InChI=1S/C14H24ClN5O/c1-11(2)21-9-8-19-4-6-20(7-5-19)14-12(16-3)13(15)17-10-18-14/h10-11,16H,4-9H2,1-3H3. The molecule has 0 spiro atoms. The predicted octanol–water partition coefficient (Wildman–Crippen LogP) is 1.72. The fourth-order valence-electron chi connectivity index (χ4n) is 2.41. The molecule has 0 atom stereocenters. The smallest absolute Gasteiger partial charge is 0.157 e. The van der Waals surface area contributed by atoms with Crippen LogP contribution in [0.4, 0.5) is 11.5 Å². The van der Waals surface area contributed by atoms with Crippen LogP contribution in [0.1, 0.15) is 13.8 Å². The summed E-state index contributed by atoms with van der Waals surface area (Å²) >= 11 is 6.11. The summed E-state index contributed by atoms with van der Waals surface area (Å²) in [4.78, 5) is 13.1. The molecule has 0 saturated carbocycles. The number of hydrogen-bond donors (Lipinski definition) is 1. The Morgan fingerprint density at radius 3 is 2.62 bits per heavy atom. The Bertz CT molecular complexity index is 449. The second-order valence-electron chi connectivity index (χ2n) is 5.36. The van der Waals surface area contributed by atoms with Gasteiger partial charge in [0.05, 0.1) is 12.7 Å². The van der Waals surface area contributed by atoms with Gasteiger partial charge in [0.25, 0.3) is 0 Å². The van der Waals surface area contributed by atoms with E-state index in [0.717, 1.165) is 50.8 Å². The molecule has 0 bridgehead atoms. The molecule has 7 heteroatoms. The molecule has 2 heterocycles. The van der Waals surface area contributed by atoms with E-state index >= 15 is 0 Å². The van der Waals surface area contributed by atoms with Gasteiger partial charge in [0.1, 0.15) is 12.0 Å². The zero-order chi connectivity index (χ0) is 15.2. The molecule has 0 aromatic carbocycles. The second kappa shape index (κ2) is 7.77. The maximum atomic E-state index is 6.11. The minimum atomic E-state index is 0.299. The molecule has 1 aliphatic heterocycles. The highest BCUT2D eigenvalue weighted by atomic mass is 35.5. The number of piperazine rings is 1. The number of nitrogens with zero attached hydrogens (tertiary/aromatic N) is 4. The summed E-state index contributed by atoms with van der Waals surface area (Å²) in [5.41, 5.74) is 0.802. The first kappa shape index (κ1) is 16.3. The van der Waals surface area contributed by atoms with Gasteiger partial charge >= 0.3 is 0 Å². The lowest BCUT2D eigenvalue weighted by atomic mass is 10.3. The van der Waals surface area contributed by atoms with E-state index in [1.54, 1.807) is 0 Å². The summed E-state index contributed by atoms with van der Waals surface area (Å²) in [7, 11) is 1.84. The van der Waals surface area contributed by atoms with Gasteiger partial charge in [-0.1, -0.05) is 11.6 Å². The highest BCUT2D eigenvalue weighted by molar-refractivity contribution is 6.32. The van der Waals surface area contributed by atoms with Crippen molar-refractivity contribution in [3.63, 3.8) is 0 Å². The summed E-state index contributed by atoms with van der Waals surface area (Å²) in [5, 5.41) is 3.55.